The summed E-state index contributed by atoms with van der Waals surface area (Å²) in [6.45, 7) is 7.01. The number of hydrogen-bond acceptors (Lipinski definition) is 5. The summed E-state index contributed by atoms with van der Waals surface area (Å²) in [7, 11) is 0. The van der Waals surface area contributed by atoms with Crippen LogP contribution in [0.5, 0.6) is 11.5 Å². The van der Waals surface area contributed by atoms with Crippen molar-refractivity contribution >= 4 is 12.0 Å². The van der Waals surface area contributed by atoms with E-state index in [1.54, 1.807) is 24.0 Å². The van der Waals surface area contributed by atoms with Crippen molar-refractivity contribution in [3.8, 4) is 11.5 Å². The summed E-state index contributed by atoms with van der Waals surface area (Å²) in [6, 6.07) is 5.19. The van der Waals surface area contributed by atoms with Crippen LogP contribution in [0.4, 0.5) is 4.79 Å². The van der Waals surface area contributed by atoms with Gasteiger partial charge in [-0.2, -0.15) is 0 Å². The second kappa shape index (κ2) is 9.77. The Kier molecular flexibility index (Phi) is 7.30. The molecule has 2 heterocycles. The minimum absolute atomic E-state index is 0.134. The smallest absolute Gasteiger partial charge is 0.320 e. The van der Waals surface area contributed by atoms with E-state index >= 15 is 0 Å². The number of aliphatic hydroxyl groups excluding tert-OH is 1. The zero-order valence-corrected chi connectivity index (χ0v) is 18.7. The maximum atomic E-state index is 13.6. The van der Waals surface area contributed by atoms with Gasteiger partial charge in [-0.15, -0.1) is 0 Å². The Morgan fingerprint density at radius 1 is 1.16 bits per heavy atom. The van der Waals surface area contributed by atoms with E-state index in [0.717, 1.165) is 31.2 Å². The lowest BCUT2D eigenvalue weighted by Crippen LogP contribution is -2.56. The summed E-state index contributed by atoms with van der Waals surface area (Å²) in [6.07, 6.45) is 3.69. The van der Waals surface area contributed by atoms with Crippen molar-refractivity contribution < 1.29 is 29.3 Å². The number of aliphatic carboxylic acids is 1. The Hall–Kier alpha value is -2.48. The molecule has 3 atom stereocenters. The van der Waals surface area contributed by atoms with Gasteiger partial charge in [0.25, 0.3) is 0 Å². The number of carboxylic acids is 1. The average molecular weight is 435 g/mol. The minimum atomic E-state index is -1.21. The van der Waals surface area contributed by atoms with E-state index in [0.29, 0.717) is 24.6 Å². The number of fused-ring (bicyclic) bond motifs is 1. The highest BCUT2D eigenvalue weighted by atomic mass is 16.7. The Morgan fingerprint density at radius 3 is 2.39 bits per heavy atom. The van der Waals surface area contributed by atoms with Gasteiger partial charge < -0.3 is 29.5 Å². The lowest BCUT2D eigenvalue weighted by molar-refractivity contribution is -0.145. The molecule has 8 nitrogen and oxygen atoms in total. The fourth-order valence-electron chi connectivity index (χ4n) is 4.64. The van der Waals surface area contributed by atoms with E-state index in [1.807, 2.05) is 11.0 Å². The number of unbranched alkanes of at least 4 members (excludes halogenated alkanes) is 2. The number of rotatable bonds is 9. The van der Waals surface area contributed by atoms with Crippen LogP contribution in [0.1, 0.15) is 57.9 Å². The molecular weight excluding hydrogens is 400 g/mol. The number of nitrogens with zero attached hydrogens (tertiary/aromatic N) is 2. The number of amides is 2. The Labute approximate surface area is 183 Å². The normalized spacial score (nSPS) is 24.5. The van der Waals surface area contributed by atoms with Crippen LogP contribution in [0.15, 0.2) is 18.2 Å². The topological polar surface area (TPSA) is 99.5 Å². The Morgan fingerprint density at radius 2 is 1.81 bits per heavy atom. The first-order chi connectivity index (χ1) is 14.9. The lowest BCUT2D eigenvalue weighted by Gasteiger charge is -2.39. The van der Waals surface area contributed by atoms with E-state index in [4.69, 9.17) is 9.47 Å². The summed E-state index contributed by atoms with van der Waals surface area (Å²) in [5.74, 6) is -1.24. The molecule has 1 aromatic rings. The molecule has 0 bridgehead atoms. The van der Waals surface area contributed by atoms with Crippen molar-refractivity contribution in [1.29, 1.82) is 0 Å². The number of urea groups is 1. The zero-order valence-electron chi connectivity index (χ0n) is 18.7. The average Bonchev–Trinajstić information content (AvgIpc) is 3.35. The van der Waals surface area contributed by atoms with E-state index < -0.39 is 30.0 Å². The molecule has 2 N–H and O–H groups in total. The van der Waals surface area contributed by atoms with Crippen LogP contribution in [-0.4, -0.2) is 70.6 Å². The molecule has 172 valence electrons. The molecule has 0 saturated carbocycles. The Balaban J connectivity index is 1.94. The van der Waals surface area contributed by atoms with Crippen LogP contribution >= 0.6 is 0 Å². The summed E-state index contributed by atoms with van der Waals surface area (Å²) >= 11 is 0. The first kappa shape index (κ1) is 23.2. The molecule has 1 fully saturated rings. The SMILES string of the molecule is CCCCN(CCCC)C(=O)N1C[C@@H](c2ccc3c(c2)OCO3)[C@H](C(=O)O)C1(C)CO. The molecule has 0 radical (unpaired) electrons. The predicted molar refractivity (Wildman–Crippen MR) is 115 cm³/mol. The lowest BCUT2D eigenvalue weighted by atomic mass is 9.78. The van der Waals surface area contributed by atoms with E-state index in [2.05, 4.69) is 13.8 Å². The number of hydrogen-bond donors (Lipinski definition) is 2. The molecule has 1 saturated heterocycles. The molecule has 2 aliphatic rings. The third kappa shape index (κ3) is 4.44. The van der Waals surface area contributed by atoms with Crippen molar-refractivity contribution in [2.75, 3.05) is 33.0 Å². The quantitative estimate of drug-likeness (QED) is 0.619. The monoisotopic (exact) mass is 434 g/mol. The fraction of sp³-hybridized carbons (Fsp3) is 0.652. The number of ether oxygens (including phenoxy) is 2. The summed E-state index contributed by atoms with van der Waals surface area (Å²) < 4.78 is 10.8. The molecule has 1 unspecified atom stereocenters. The van der Waals surface area contributed by atoms with E-state index in [1.165, 1.54) is 0 Å². The van der Waals surface area contributed by atoms with Gasteiger partial charge in [-0.25, -0.2) is 4.79 Å². The highest BCUT2D eigenvalue weighted by molar-refractivity contribution is 5.81. The number of likely N-dealkylation sites (tertiary alicyclic amines) is 1. The number of aliphatic hydroxyl groups is 1. The first-order valence-corrected chi connectivity index (χ1v) is 11.2. The highest BCUT2D eigenvalue weighted by Gasteiger charge is 2.57. The fourth-order valence-corrected chi connectivity index (χ4v) is 4.64. The standard InChI is InChI=1S/C23H34N2O6/c1-4-6-10-24(11-7-5-2)22(29)25-13-17(20(21(27)28)23(25,3)14-26)16-8-9-18-19(12-16)31-15-30-18/h8-9,12,17,20,26H,4-7,10-11,13-15H2,1-3H3,(H,27,28)/t17-,20+,23?/m0/s1. The summed E-state index contributed by atoms with van der Waals surface area (Å²) in [5.41, 5.74) is -0.444. The zero-order chi connectivity index (χ0) is 22.6. The second-order valence-corrected chi connectivity index (χ2v) is 8.64. The van der Waals surface area contributed by atoms with Crippen molar-refractivity contribution in [1.82, 2.24) is 9.80 Å². The van der Waals surface area contributed by atoms with Gasteiger partial charge in [0.1, 0.15) is 0 Å². The minimum Gasteiger partial charge on any atom is -0.481 e. The highest BCUT2D eigenvalue weighted by Crippen LogP contribution is 2.46. The van der Waals surface area contributed by atoms with Gasteiger partial charge in [0.15, 0.2) is 11.5 Å². The maximum absolute atomic E-state index is 13.6. The van der Waals surface area contributed by atoms with Gasteiger partial charge in [-0.05, 0) is 37.5 Å². The van der Waals surface area contributed by atoms with Crippen molar-refractivity contribution in [2.45, 2.75) is 57.9 Å². The van der Waals surface area contributed by atoms with Gasteiger partial charge in [0, 0.05) is 25.6 Å². The van der Waals surface area contributed by atoms with Crippen molar-refractivity contribution in [3.05, 3.63) is 23.8 Å². The molecule has 8 heteroatoms. The molecule has 31 heavy (non-hydrogen) atoms. The number of benzene rings is 1. The van der Waals surface area contributed by atoms with Gasteiger partial charge in [0.05, 0.1) is 18.1 Å². The van der Waals surface area contributed by atoms with Crippen LogP contribution < -0.4 is 9.47 Å². The number of carbonyl (C=O) groups is 2. The van der Waals surface area contributed by atoms with Crippen molar-refractivity contribution in [3.63, 3.8) is 0 Å². The van der Waals surface area contributed by atoms with Gasteiger partial charge in [-0.3, -0.25) is 4.79 Å². The van der Waals surface area contributed by atoms with Crippen LogP contribution in [0.2, 0.25) is 0 Å². The van der Waals surface area contributed by atoms with Crippen LogP contribution in [0.3, 0.4) is 0 Å². The van der Waals surface area contributed by atoms with Crippen LogP contribution in [0, 0.1) is 5.92 Å². The summed E-state index contributed by atoms with van der Waals surface area (Å²) in [5, 5.41) is 20.4. The summed E-state index contributed by atoms with van der Waals surface area (Å²) in [4.78, 5) is 29.3. The number of carbonyl (C=O) groups excluding carboxylic acids is 1. The molecule has 1 aromatic carbocycles. The largest absolute Gasteiger partial charge is 0.481 e. The molecular formula is C23H34N2O6. The number of carboxylic acid groups (broad SMARTS) is 1. The maximum Gasteiger partial charge on any atom is 0.320 e. The van der Waals surface area contributed by atoms with Crippen LogP contribution in [-0.2, 0) is 4.79 Å². The van der Waals surface area contributed by atoms with Crippen molar-refractivity contribution in [2.24, 2.45) is 5.92 Å². The molecule has 2 amide bonds. The van der Waals surface area contributed by atoms with E-state index in [9.17, 15) is 19.8 Å². The van der Waals surface area contributed by atoms with Gasteiger partial charge >= 0.3 is 12.0 Å². The third-order valence-electron chi connectivity index (χ3n) is 6.54. The molecule has 2 aliphatic heterocycles. The predicted octanol–water partition coefficient (Wildman–Crippen LogP) is 3.29. The molecule has 3 rings (SSSR count). The first-order valence-electron chi connectivity index (χ1n) is 11.2. The molecule has 0 spiro atoms. The van der Waals surface area contributed by atoms with Gasteiger partial charge in [0.2, 0.25) is 6.79 Å². The molecule has 0 aromatic heterocycles. The second-order valence-electron chi connectivity index (χ2n) is 8.64. The third-order valence-corrected chi connectivity index (χ3v) is 6.54. The molecule has 0 aliphatic carbocycles. The van der Waals surface area contributed by atoms with E-state index in [-0.39, 0.29) is 19.4 Å². The Bertz CT molecular complexity index is 792. The van der Waals surface area contributed by atoms with Gasteiger partial charge in [-0.1, -0.05) is 32.8 Å². The van der Waals surface area contributed by atoms with Crippen LogP contribution in [0.25, 0.3) is 0 Å².